The molecule has 0 bridgehead atoms. The number of ether oxygens (including phenoxy) is 1. The van der Waals surface area contributed by atoms with E-state index in [2.05, 4.69) is 24.0 Å². The van der Waals surface area contributed by atoms with Crippen molar-refractivity contribution in [2.24, 2.45) is 5.73 Å². The summed E-state index contributed by atoms with van der Waals surface area (Å²) < 4.78 is 5.14. The third-order valence-electron chi connectivity index (χ3n) is 2.24. The van der Waals surface area contributed by atoms with E-state index in [1.54, 1.807) is 18.4 Å². The van der Waals surface area contributed by atoms with E-state index in [0.29, 0.717) is 6.61 Å². The summed E-state index contributed by atoms with van der Waals surface area (Å²) in [7, 11) is 5.82. The molecular weight excluding hydrogens is 222 g/mol. The standard InChI is InChI=1S/C11H21N3OS/c1-8(12)11-9(7-15-4)13-10(16-11)5-6-14(2)3/h8H,5-7,12H2,1-4H3. The van der Waals surface area contributed by atoms with Gasteiger partial charge in [-0.3, -0.25) is 0 Å². The topological polar surface area (TPSA) is 51.4 Å². The lowest BCUT2D eigenvalue weighted by Gasteiger charge is -2.06. The summed E-state index contributed by atoms with van der Waals surface area (Å²) in [5, 5.41) is 1.15. The summed E-state index contributed by atoms with van der Waals surface area (Å²) in [5.74, 6) is 0. The van der Waals surface area contributed by atoms with Gasteiger partial charge < -0.3 is 15.4 Å². The van der Waals surface area contributed by atoms with Crippen molar-refractivity contribution >= 4 is 11.3 Å². The Morgan fingerprint density at radius 3 is 2.69 bits per heavy atom. The highest BCUT2D eigenvalue weighted by atomic mass is 32.1. The molecular formula is C11H21N3OS. The molecule has 0 aromatic carbocycles. The Labute approximate surface area is 101 Å². The molecule has 1 aromatic heterocycles. The molecule has 0 spiro atoms. The first kappa shape index (κ1) is 13.6. The Bertz CT molecular complexity index is 323. The molecule has 0 aliphatic carbocycles. The predicted octanol–water partition coefficient (Wildman–Crippen LogP) is 1.41. The second kappa shape index (κ2) is 6.30. The van der Waals surface area contributed by atoms with Crippen LogP contribution in [-0.2, 0) is 17.8 Å². The summed E-state index contributed by atoms with van der Waals surface area (Å²) in [6.07, 6.45) is 0.973. The van der Waals surface area contributed by atoms with E-state index < -0.39 is 0 Å². The van der Waals surface area contributed by atoms with Crippen LogP contribution < -0.4 is 5.73 Å². The third-order valence-corrected chi connectivity index (χ3v) is 3.60. The highest BCUT2D eigenvalue weighted by Gasteiger charge is 2.14. The maximum absolute atomic E-state index is 5.92. The number of rotatable bonds is 6. The molecule has 1 heterocycles. The molecule has 0 aliphatic rings. The zero-order chi connectivity index (χ0) is 12.1. The minimum Gasteiger partial charge on any atom is -0.378 e. The molecule has 1 rings (SSSR count). The second-order valence-corrected chi connectivity index (χ2v) is 5.31. The second-order valence-electron chi connectivity index (χ2n) is 4.19. The lowest BCUT2D eigenvalue weighted by atomic mass is 10.2. The first-order chi connectivity index (χ1) is 7.54. The number of likely N-dealkylation sites (N-methyl/N-ethyl adjacent to an activating group) is 1. The third kappa shape index (κ3) is 3.83. The highest BCUT2D eigenvalue weighted by Crippen LogP contribution is 2.25. The van der Waals surface area contributed by atoms with Gasteiger partial charge in [-0.05, 0) is 21.0 Å². The minimum atomic E-state index is 0.0377. The number of nitrogens with zero attached hydrogens (tertiary/aromatic N) is 2. The van der Waals surface area contributed by atoms with Crippen LogP contribution in [-0.4, -0.2) is 37.6 Å². The zero-order valence-corrected chi connectivity index (χ0v) is 11.3. The Morgan fingerprint density at radius 2 is 2.19 bits per heavy atom. The molecule has 0 saturated heterocycles. The number of methoxy groups -OCH3 is 1. The summed E-state index contributed by atoms with van der Waals surface area (Å²) in [5.41, 5.74) is 6.92. The number of aromatic nitrogens is 1. The fraction of sp³-hybridized carbons (Fsp3) is 0.727. The van der Waals surface area contributed by atoms with Gasteiger partial charge in [0.05, 0.1) is 17.3 Å². The number of thiazole rings is 1. The summed E-state index contributed by atoms with van der Waals surface area (Å²) in [6.45, 7) is 3.55. The van der Waals surface area contributed by atoms with Gasteiger partial charge in [0.25, 0.3) is 0 Å². The number of hydrogen-bond donors (Lipinski definition) is 1. The smallest absolute Gasteiger partial charge is 0.0945 e. The van der Waals surface area contributed by atoms with E-state index >= 15 is 0 Å². The largest absolute Gasteiger partial charge is 0.378 e. The zero-order valence-electron chi connectivity index (χ0n) is 10.5. The SMILES string of the molecule is COCc1nc(CCN(C)C)sc1C(C)N. The maximum Gasteiger partial charge on any atom is 0.0945 e. The lowest BCUT2D eigenvalue weighted by Crippen LogP contribution is -2.14. The molecule has 0 aliphatic heterocycles. The number of nitrogens with two attached hydrogens (primary N) is 1. The van der Waals surface area contributed by atoms with Gasteiger partial charge in [-0.15, -0.1) is 11.3 Å². The molecule has 1 unspecified atom stereocenters. The van der Waals surface area contributed by atoms with Crippen LogP contribution in [0.3, 0.4) is 0 Å². The van der Waals surface area contributed by atoms with Crippen molar-refractivity contribution in [1.29, 1.82) is 0 Å². The van der Waals surface area contributed by atoms with Crippen molar-refractivity contribution in [2.45, 2.75) is 26.0 Å². The Kier molecular flexibility index (Phi) is 5.34. The average Bonchev–Trinajstić information content (AvgIpc) is 2.59. The van der Waals surface area contributed by atoms with Gasteiger partial charge in [0.15, 0.2) is 0 Å². The van der Waals surface area contributed by atoms with Crippen LogP contribution in [0.15, 0.2) is 0 Å². The molecule has 16 heavy (non-hydrogen) atoms. The quantitative estimate of drug-likeness (QED) is 0.821. The van der Waals surface area contributed by atoms with Gasteiger partial charge >= 0.3 is 0 Å². The van der Waals surface area contributed by atoms with Gasteiger partial charge in [0.1, 0.15) is 0 Å². The van der Waals surface area contributed by atoms with Crippen LogP contribution in [0, 0.1) is 0 Å². The molecule has 0 saturated carbocycles. The van der Waals surface area contributed by atoms with Crippen molar-refractivity contribution in [3.8, 4) is 0 Å². The molecule has 0 radical (unpaired) electrons. The van der Waals surface area contributed by atoms with Crippen molar-refractivity contribution in [1.82, 2.24) is 9.88 Å². The molecule has 4 nitrogen and oxygen atoms in total. The van der Waals surface area contributed by atoms with E-state index in [1.165, 1.54) is 0 Å². The monoisotopic (exact) mass is 243 g/mol. The van der Waals surface area contributed by atoms with Crippen LogP contribution in [0.5, 0.6) is 0 Å². The van der Waals surface area contributed by atoms with E-state index in [-0.39, 0.29) is 6.04 Å². The molecule has 1 atom stereocenters. The molecule has 0 fully saturated rings. The van der Waals surface area contributed by atoms with E-state index in [0.717, 1.165) is 28.5 Å². The normalized spacial score (nSPS) is 13.4. The van der Waals surface area contributed by atoms with Gasteiger partial charge in [-0.1, -0.05) is 0 Å². The summed E-state index contributed by atoms with van der Waals surface area (Å²) >= 11 is 1.71. The molecule has 0 amide bonds. The predicted molar refractivity (Wildman–Crippen MR) is 67.7 cm³/mol. The van der Waals surface area contributed by atoms with Crippen LogP contribution >= 0.6 is 11.3 Å². The van der Waals surface area contributed by atoms with Crippen molar-refractivity contribution in [3.63, 3.8) is 0 Å². The van der Waals surface area contributed by atoms with E-state index in [9.17, 15) is 0 Å². The van der Waals surface area contributed by atoms with Crippen LogP contribution in [0.2, 0.25) is 0 Å². The van der Waals surface area contributed by atoms with Gasteiger partial charge in [0, 0.05) is 31.0 Å². The molecule has 2 N–H and O–H groups in total. The van der Waals surface area contributed by atoms with Crippen LogP contribution in [0.4, 0.5) is 0 Å². The molecule has 1 aromatic rings. The first-order valence-electron chi connectivity index (χ1n) is 5.42. The minimum absolute atomic E-state index is 0.0377. The Hall–Kier alpha value is -0.490. The van der Waals surface area contributed by atoms with Gasteiger partial charge in [-0.2, -0.15) is 0 Å². The van der Waals surface area contributed by atoms with Crippen molar-refractivity contribution in [3.05, 3.63) is 15.6 Å². The summed E-state index contributed by atoms with van der Waals surface area (Å²) in [4.78, 5) is 7.88. The molecule has 92 valence electrons. The van der Waals surface area contributed by atoms with Crippen LogP contribution in [0.25, 0.3) is 0 Å². The summed E-state index contributed by atoms with van der Waals surface area (Å²) in [6, 6.07) is 0.0377. The van der Waals surface area contributed by atoms with Gasteiger partial charge in [0.2, 0.25) is 0 Å². The highest BCUT2D eigenvalue weighted by molar-refractivity contribution is 7.11. The number of hydrogen-bond acceptors (Lipinski definition) is 5. The average molecular weight is 243 g/mol. The van der Waals surface area contributed by atoms with Crippen molar-refractivity contribution in [2.75, 3.05) is 27.7 Å². The Balaban J connectivity index is 2.75. The fourth-order valence-electron chi connectivity index (χ4n) is 1.44. The maximum atomic E-state index is 5.92. The fourth-order valence-corrected chi connectivity index (χ4v) is 2.45. The van der Waals surface area contributed by atoms with E-state index in [1.807, 2.05) is 6.92 Å². The Morgan fingerprint density at radius 1 is 1.50 bits per heavy atom. The van der Waals surface area contributed by atoms with Gasteiger partial charge in [-0.25, -0.2) is 4.98 Å². The lowest BCUT2D eigenvalue weighted by molar-refractivity contribution is 0.181. The van der Waals surface area contributed by atoms with Crippen molar-refractivity contribution < 1.29 is 4.74 Å². The first-order valence-corrected chi connectivity index (χ1v) is 6.24. The van der Waals surface area contributed by atoms with Crippen LogP contribution in [0.1, 0.15) is 28.5 Å². The molecule has 5 heteroatoms. The van der Waals surface area contributed by atoms with E-state index in [4.69, 9.17) is 10.5 Å².